The molecule has 1 saturated heterocycles. The molecule has 0 spiro atoms. The van der Waals surface area contributed by atoms with Gasteiger partial charge in [0.1, 0.15) is 0 Å². The molecule has 1 fully saturated rings. The highest BCUT2D eigenvalue weighted by atomic mass is 32.2. The fourth-order valence-corrected chi connectivity index (χ4v) is 2.94. The maximum atomic E-state index is 11.6. The molecular weight excluding hydrogens is 214 g/mol. The second kappa shape index (κ2) is 5.61. The van der Waals surface area contributed by atoms with E-state index in [1.165, 1.54) is 0 Å². The van der Waals surface area contributed by atoms with Crippen LogP contribution in [-0.4, -0.2) is 44.4 Å². The summed E-state index contributed by atoms with van der Waals surface area (Å²) in [5.74, 6) is 0.110. The number of nitrogens with zero attached hydrogens (tertiary/aromatic N) is 1. The molecule has 1 aliphatic heterocycles. The molecule has 1 rings (SSSR count). The molecule has 0 aromatic carbocycles. The minimum Gasteiger partial charge on any atom is -0.479 e. The van der Waals surface area contributed by atoms with E-state index < -0.39 is 22.1 Å². The van der Waals surface area contributed by atoms with Gasteiger partial charge in [-0.3, -0.25) is 9.11 Å². The minimum atomic E-state index is -1.28. The van der Waals surface area contributed by atoms with Gasteiger partial charge in [-0.1, -0.05) is 13.8 Å². The predicted molar refractivity (Wildman–Crippen MR) is 60.1 cm³/mol. The van der Waals surface area contributed by atoms with Gasteiger partial charge in [-0.25, -0.2) is 4.79 Å². The maximum Gasteiger partial charge on any atom is 0.334 e. The van der Waals surface area contributed by atoms with Crippen molar-refractivity contribution in [2.75, 3.05) is 18.8 Å². The van der Waals surface area contributed by atoms with Crippen molar-refractivity contribution in [1.82, 2.24) is 4.90 Å². The Morgan fingerprint density at radius 1 is 1.53 bits per heavy atom. The van der Waals surface area contributed by atoms with E-state index in [1.54, 1.807) is 6.92 Å². The van der Waals surface area contributed by atoms with E-state index in [0.29, 0.717) is 11.7 Å². The van der Waals surface area contributed by atoms with Crippen LogP contribution in [0.2, 0.25) is 0 Å². The maximum absolute atomic E-state index is 11.6. The molecule has 0 radical (unpaired) electrons. The van der Waals surface area contributed by atoms with Gasteiger partial charge in [-0.05, 0) is 18.8 Å². The molecule has 0 aliphatic carbocycles. The summed E-state index contributed by atoms with van der Waals surface area (Å²) in [6.07, 6.45) is 2.01. The molecule has 0 aromatic heterocycles. The topological polar surface area (TPSA) is 57.6 Å². The zero-order chi connectivity index (χ0) is 11.4. The molecule has 1 aliphatic rings. The predicted octanol–water partition coefficient (Wildman–Crippen LogP) is 0.898. The normalized spacial score (nSPS) is 23.6. The summed E-state index contributed by atoms with van der Waals surface area (Å²) in [5, 5.41) is 8.25. The third kappa shape index (κ3) is 3.28. The minimum absolute atomic E-state index is 0.406. The Hall–Kier alpha value is -0.420. The van der Waals surface area contributed by atoms with Gasteiger partial charge in [0.05, 0.1) is 10.8 Å². The van der Waals surface area contributed by atoms with Gasteiger partial charge in [-0.2, -0.15) is 0 Å². The van der Waals surface area contributed by atoms with Gasteiger partial charge in [0.25, 0.3) is 0 Å². The van der Waals surface area contributed by atoms with Gasteiger partial charge in [0, 0.05) is 18.8 Å². The van der Waals surface area contributed by atoms with Crippen LogP contribution in [0.3, 0.4) is 0 Å². The number of likely N-dealkylation sites (tertiary alicyclic amines) is 1. The molecule has 1 heterocycles. The van der Waals surface area contributed by atoms with E-state index in [-0.39, 0.29) is 0 Å². The molecule has 4 nitrogen and oxygen atoms in total. The van der Waals surface area contributed by atoms with Crippen LogP contribution in [0.15, 0.2) is 0 Å². The molecule has 0 unspecified atom stereocenters. The fourth-order valence-electron chi connectivity index (χ4n) is 1.86. The summed E-state index contributed by atoms with van der Waals surface area (Å²) in [4.78, 5) is 12.9. The Kier molecular flexibility index (Phi) is 4.73. The quantitative estimate of drug-likeness (QED) is 0.783. The largest absolute Gasteiger partial charge is 0.479 e. The Bertz CT molecular complexity index is 249. The molecule has 0 bridgehead atoms. The van der Waals surface area contributed by atoms with Gasteiger partial charge in [-0.15, -0.1) is 0 Å². The van der Waals surface area contributed by atoms with Crippen LogP contribution in [0.4, 0.5) is 0 Å². The molecule has 2 atom stereocenters. The third-order valence-corrected chi connectivity index (χ3v) is 4.46. The van der Waals surface area contributed by atoms with Crippen molar-refractivity contribution in [3.05, 3.63) is 0 Å². The van der Waals surface area contributed by atoms with Crippen LogP contribution in [0.1, 0.15) is 26.7 Å². The number of carboxylic acids is 1. The van der Waals surface area contributed by atoms with Crippen molar-refractivity contribution in [1.29, 1.82) is 0 Å². The highest BCUT2D eigenvalue weighted by molar-refractivity contribution is 7.86. The zero-order valence-electron chi connectivity index (χ0n) is 9.31. The van der Waals surface area contributed by atoms with Crippen LogP contribution in [-0.2, 0) is 15.6 Å². The van der Waals surface area contributed by atoms with Crippen molar-refractivity contribution < 1.29 is 14.1 Å². The number of carbonyl (C=O) groups is 1. The first kappa shape index (κ1) is 12.6. The number of hydrogen-bond donors (Lipinski definition) is 1. The van der Waals surface area contributed by atoms with Crippen molar-refractivity contribution in [2.24, 2.45) is 5.92 Å². The van der Waals surface area contributed by atoms with E-state index in [1.807, 2.05) is 4.90 Å². The lowest BCUT2D eigenvalue weighted by Gasteiger charge is -2.33. The average Bonchev–Trinajstić information content (AvgIpc) is 2.20. The van der Waals surface area contributed by atoms with Crippen LogP contribution in [0, 0.1) is 5.92 Å². The van der Waals surface area contributed by atoms with E-state index in [4.69, 9.17) is 5.11 Å². The molecule has 0 aromatic rings. The summed E-state index contributed by atoms with van der Waals surface area (Å²) in [6, 6.07) is 0. The van der Waals surface area contributed by atoms with Crippen molar-refractivity contribution in [2.45, 2.75) is 32.1 Å². The Morgan fingerprint density at radius 2 is 2.07 bits per heavy atom. The lowest BCUT2D eigenvalue weighted by atomic mass is 9.99. The van der Waals surface area contributed by atoms with E-state index in [9.17, 15) is 9.00 Å². The van der Waals surface area contributed by atoms with E-state index in [2.05, 4.69) is 6.92 Å². The van der Waals surface area contributed by atoms with Gasteiger partial charge >= 0.3 is 5.97 Å². The molecular formula is C10H19NO3S. The van der Waals surface area contributed by atoms with Crippen LogP contribution >= 0.6 is 0 Å². The lowest BCUT2D eigenvalue weighted by molar-refractivity contribution is -0.140. The Balaban J connectivity index is 2.64. The number of hydrogen-bond acceptors (Lipinski definition) is 3. The van der Waals surface area contributed by atoms with E-state index >= 15 is 0 Å². The standard InChI is InChI=1S/C10H19NO3S/c1-3-15(14)9(10(12)13)11-6-4-8(2)5-7-11/h8-9H,3-7H2,1-2H3,(H,12,13)/t9-,15-/m0/s1. The summed E-state index contributed by atoms with van der Waals surface area (Å²) >= 11 is 0. The monoisotopic (exact) mass is 233 g/mol. The smallest absolute Gasteiger partial charge is 0.334 e. The molecule has 0 saturated carbocycles. The first-order valence-electron chi connectivity index (χ1n) is 5.40. The fraction of sp³-hybridized carbons (Fsp3) is 0.900. The van der Waals surface area contributed by atoms with Gasteiger partial charge in [0.2, 0.25) is 0 Å². The second-order valence-corrected chi connectivity index (χ2v) is 5.86. The van der Waals surface area contributed by atoms with Crippen LogP contribution < -0.4 is 0 Å². The number of carboxylic acid groups (broad SMARTS) is 1. The average molecular weight is 233 g/mol. The third-order valence-electron chi connectivity index (χ3n) is 2.89. The van der Waals surface area contributed by atoms with E-state index in [0.717, 1.165) is 25.9 Å². The number of aliphatic carboxylic acids is 1. The van der Waals surface area contributed by atoms with Crippen LogP contribution in [0.25, 0.3) is 0 Å². The molecule has 1 N–H and O–H groups in total. The molecule has 0 amide bonds. The van der Waals surface area contributed by atoms with Gasteiger partial charge in [0.15, 0.2) is 5.37 Å². The SMILES string of the molecule is CC[S@](=O)[C@@H](C(=O)O)N1CCC(C)CC1. The number of rotatable bonds is 4. The summed E-state index contributed by atoms with van der Waals surface area (Å²) < 4.78 is 11.6. The molecule has 5 heteroatoms. The highest BCUT2D eigenvalue weighted by Crippen LogP contribution is 2.19. The summed E-state index contributed by atoms with van der Waals surface area (Å²) in [6.45, 7) is 5.44. The van der Waals surface area contributed by atoms with Crippen LogP contribution in [0.5, 0.6) is 0 Å². The first-order chi connectivity index (χ1) is 7.06. The lowest BCUT2D eigenvalue weighted by Crippen LogP contribution is -2.48. The van der Waals surface area contributed by atoms with Crippen molar-refractivity contribution in [3.63, 3.8) is 0 Å². The Labute approximate surface area is 93.1 Å². The molecule has 88 valence electrons. The first-order valence-corrected chi connectivity index (χ1v) is 6.78. The highest BCUT2D eigenvalue weighted by Gasteiger charge is 2.32. The second-order valence-electron chi connectivity index (χ2n) is 4.08. The molecule has 15 heavy (non-hydrogen) atoms. The zero-order valence-corrected chi connectivity index (χ0v) is 10.1. The van der Waals surface area contributed by atoms with Gasteiger partial charge < -0.3 is 5.11 Å². The summed E-state index contributed by atoms with van der Waals surface area (Å²) in [7, 11) is -1.28. The summed E-state index contributed by atoms with van der Waals surface area (Å²) in [5.41, 5.74) is 0. The number of piperidine rings is 1. The van der Waals surface area contributed by atoms with Crippen molar-refractivity contribution in [3.8, 4) is 0 Å². The van der Waals surface area contributed by atoms with Crippen molar-refractivity contribution >= 4 is 16.8 Å². The Morgan fingerprint density at radius 3 is 2.47 bits per heavy atom.